The van der Waals surface area contributed by atoms with E-state index >= 15 is 0 Å². The standard InChI is InChI=1S/C18H26N5O10P/c1-3-5-10(24)23(11(25)6-4-2)18-20-15-12(16(28)21-18)19-8-22(15)17-14(27)13(26)9(33-17)7-32-34(29,30)31/h8-9,13-14,17,26-27H,3-7H2,1-2H3,(H,20,21,28)(H2,29,30,31)/t9-,13-,14-,17-/m1/s1. The first-order valence-electron chi connectivity index (χ1n) is 10.5. The van der Waals surface area contributed by atoms with Crippen LogP contribution in [0.25, 0.3) is 11.2 Å². The fraction of sp³-hybridized carbons (Fsp3) is 0.611. The molecule has 3 rings (SSSR count). The summed E-state index contributed by atoms with van der Waals surface area (Å²) in [6.45, 7) is 2.78. The van der Waals surface area contributed by atoms with Gasteiger partial charge in [0, 0.05) is 12.8 Å². The summed E-state index contributed by atoms with van der Waals surface area (Å²) in [4.78, 5) is 66.9. The zero-order chi connectivity index (χ0) is 25.2. The summed E-state index contributed by atoms with van der Waals surface area (Å²) in [7, 11) is -4.86. The van der Waals surface area contributed by atoms with Crippen LogP contribution in [0.15, 0.2) is 11.1 Å². The average molecular weight is 503 g/mol. The Morgan fingerprint density at radius 1 is 1.21 bits per heavy atom. The van der Waals surface area contributed by atoms with Gasteiger partial charge in [-0.3, -0.25) is 28.5 Å². The highest BCUT2D eigenvalue weighted by atomic mass is 31.2. The Morgan fingerprint density at radius 2 is 1.82 bits per heavy atom. The van der Waals surface area contributed by atoms with Crippen molar-refractivity contribution < 1.29 is 43.4 Å². The molecular weight excluding hydrogens is 477 g/mol. The molecule has 3 heterocycles. The van der Waals surface area contributed by atoms with E-state index in [4.69, 9.17) is 14.5 Å². The number of H-pyrrole nitrogens is 1. The van der Waals surface area contributed by atoms with Gasteiger partial charge in [-0.05, 0) is 12.8 Å². The highest BCUT2D eigenvalue weighted by Crippen LogP contribution is 2.38. The lowest BCUT2D eigenvalue weighted by Crippen LogP contribution is -2.39. The van der Waals surface area contributed by atoms with Crippen LogP contribution in [0.1, 0.15) is 45.8 Å². The molecule has 0 radical (unpaired) electrons. The van der Waals surface area contributed by atoms with E-state index < -0.39 is 56.3 Å². The zero-order valence-corrected chi connectivity index (χ0v) is 19.3. The molecule has 188 valence electrons. The van der Waals surface area contributed by atoms with E-state index in [1.165, 1.54) is 0 Å². The number of phosphoric ester groups is 1. The Labute approximate surface area is 192 Å². The number of phosphoric acid groups is 1. The van der Waals surface area contributed by atoms with Crippen molar-refractivity contribution >= 4 is 36.7 Å². The lowest BCUT2D eigenvalue weighted by atomic mass is 10.1. The third-order valence-corrected chi connectivity index (χ3v) is 5.56. The largest absolute Gasteiger partial charge is 0.469 e. The molecule has 34 heavy (non-hydrogen) atoms. The molecule has 0 spiro atoms. The number of aliphatic hydroxyl groups is 2. The Kier molecular flexibility index (Phi) is 7.98. The van der Waals surface area contributed by atoms with Crippen LogP contribution in [0.2, 0.25) is 0 Å². The summed E-state index contributed by atoms with van der Waals surface area (Å²) in [5.74, 6) is -1.45. The van der Waals surface area contributed by atoms with Gasteiger partial charge >= 0.3 is 7.82 Å². The van der Waals surface area contributed by atoms with Gasteiger partial charge in [0.1, 0.15) is 18.3 Å². The maximum atomic E-state index is 12.6. The number of ether oxygens (including phenoxy) is 1. The molecule has 0 bridgehead atoms. The zero-order valence-electron chi connectivity index (χ0n) is 18.4. The maximum Gasteiger partial charge on any atom is 0.469 e. The van der Waals surface area contributed by atoms with Gasteiger partial charge in [0.15, 0.2) is 17.4 Å². The third kappa shape index (κ3) is 5.41. The molecule has 0 aromatic carbocycles. The van der Waals surface area contributed by atoms with Crippen molar-refractivity contribution in [3.8, 4) is 0 Å². The van der Waals surface area contributed by atoms with Crippen LogP contribution in [-0.4, -0.2) is 76.3 Å². The van der Waals surface area contributed by atoms with Crippen molar-refractivity contribution in [2.24, 2.45) is 0 Å². The van der Waals surface area contributed by atoms with E-state index in [2.05, 4.69) is 19.5 Å². The third-order valence-electron chi connectivity index (χ3n) is 5.08. The summed E-state index contributed by atoms with van der Waals surface area (Å²) in [5, 5.41) is 20.7. The van der Waals surface area contributed by atoms with Crippen LogP contribution in [-0.2, 0) is 23.4 Å². The van der Waals surface area contributed by atoms with Gasteiger partial charge in [-0.1, -0.05) is 13.8 Å². The van der Waals surface area contributed by atoms with E-state index in [9.17, 15) is 29.2 Å². The smallest absolute Gasteiger partial charge is 0.387 e. The lowest BCUT2D eigenvalue weighted by molar-refractivity contribution is -0.126. The van der Waals surface area contributed by atoms with E-state index in [-0.39, 0.29) is 30.0 Å². The van der Waals surface area contributed by atoms with Crippen LogP contribution in [0, 0.1) is 0 Å². The topological polar surface area (TPSA) is 217 Å². The quantitative estimate of drug-likeness (QED) is 0.269. The number of aliphatic hydroxyl groups excluding tert-OH is 2. The summed E-state index contributed by atoms with van der Waals surface area (Å²) in [6, 6.07) is 0. The fourth-order valence-electron chi connectivity index (χ4n) is 3.50. The van der Waals surface area contributed by atoms with Gasteiger partial charge in [-0.25, -0.2) is 14.4 Å². The van der Waals surface area contributed by atoms with Crippen LogP contribution in [0.5, 0.6) is 0 Å². The second kappa shape index (κ2) is 10.4. The van der Waals surface area contributed by atoms with Crippen molar-refractivity contribution in [2.75, 3.05) is 11.5 Å². The van der Waals surface area contributed by atoms with Gasteiger partial charge in [0.25, 0.3) is 5.56 Å². The molecule has 0 aliphatic carbocycles. The van der Waals surface area contributed by atoms with E-state index in [1.54, 1.807) is 13.8 Å². The number of hydrogen-bond acceptors (Lipinski definition) is 10. The van der Waals surface area contributed by atoms with Crippen molar-refractivity contribution in [3.05, 3.63) is 16.7 Å². The molecule has 0 unspecified atom stereocenters. The first-order chi connectivity index (χ1) is 16.0. The molecule has 1 saturated heterocycles. The van der Waals surface area contributed by atoms with Crippen molar-refractivity contribution in [1.82, 2.24) is 19.5 Å². The molecule has 1 fully saturated rings. The Morgan fingerprint density at radius 3 is 2.38 bits per heavy atom. The van der Waals surface area contributed by atoms with Crippen LogP contribution in [0.3, 0.4) is 0 Å². The molecule has 2 amide bonds. The van der Waals surface area contributed by atoms with E-state index in [0.717, 1.165) is 15.8 Å². The number of aromatic amines is 1. The Balaban J connectivity index is 2.01. The summed E-state index contributed by atoms with van der Waals surface area (Å²) >= 11 is 0. The number of anilines is 1. The Hall–Kier alpha value is -2.52. The fourth-order valence-corrected chi connectivity index (χ4v) is 3.84. The van der Waals surface area contributed by atoms with Gasteiger partial charge in [0.2, 0.25) is 17.8 Å². The number of imidazole rings is 1. The minimum absolute atomic E-state index is 0.0361. The number of aromatic nitrogens is 4. The van der Waals surface area contributed by atoms with Gasteiger partial charge in [-0.2, -0.15) is 4.98 Å². The molecular formula is C18H26N5O10P. The van der Waals surface area contributed by atoms with Crippen molar-refractivity contribution in [1.29, 1.82) is 0 Å². The van der Waals surface area contributed by atoms with E-state index in [0.29, 0.717) is 12.8 Å². The van der Waals surface area contributed by atoms with Crippen LogP contribution in [0.4, 0.5) is 5.95 Å². The lowest BCUT2D eigenvalue weighted by Gasteiger charge is -2.20. The molecule has 4 atom stereocenters. The molecule has 2 aromatic rings. The minimum atomic E-state index is -4.86. The first-order valence-corrected chi connectivity index (χ1v) is 12.1. The molecule has 16 heteroatoms. The number of carbonyl (C=O) groups excluding carboxylic acids is 2. The van der Waals surface area contributed by atoms with Crippen LogP contribution >= 0.6 is 7.82 Å². The summed E-state index contributed by atoms with van der Waals surface area (Å²) in [5.41, 5.74) is -1.09. The highest BCUT2D eigenvalue weighted by molar-refractivity contribution is 7.46. The minimum Gasteiger partial charge on any atom is -0.387 e. The second-order valence-corrected chi connectivity index (χ2v) is 8.91. The predicted octanol–water partition coefficient (Wildman–Crippen LogP) is -0.692. The predicted molar refractivity (Wildman–Crippen MR) is 114 cm³/mol. The first kappa shape index (κ1) is 26.1. The van der Waals surface area contributed by atoms with Gasteiger partial charge in [-0.15, -0.1) is 0 Å². The number of amides is 2. The number of hydrogen-bond donors (Lipinski definition) is 5. The highest BCUT2D eigenvalue weighted by Gasteiger charge is 2.45. The average Bonchev–Trinajstić information content (AvgIpc) is 3.28. The number of nitrogens with zero attached hydrogens (tertiary/aromatic N) is 4. The summed E-state index contributed by atoms with van der Waals surface area (Å²) < 4.78 is 21.9. The summed E-state index contributed by atoms with van der Waals surface area (Å²) in [6.07, 6.45) is -3.79. The molecule has 5 N–H and O–H groups in total. The number of nitrogens with one attached hydrogen (secondary N) is 1. The molecule has 2 aromatic heterocycles. The number of imide groups is 1. The number of rotatable bonds is 9. The second-order valence-electron chi connectivity index (χ2n) is 7.67. The molecule has 0 saturated carbocycles. The molecule has 1 aliphatic rings. The van der Waals surface area contributed by atoms with Gasteiger partial charge < -0.3 is 24.7 Å². The number of fused-ring (bicyclic) bond motifs is 1. The molecule has 15 nitrogen and oxygen atoms in total. The SMILES string of the molecule is CCCC(=O)N(C(=O)CCC)c1nc2c(ncn2[C@@H]2O[C@H](COP(=O)(O)O)[C@@H](O)[C@H]2O)c(=O)[nH]1. The normalized spacial score (nSPS) is 22.9. The van der Waals surface area contributed by atoms with Crippen LogP contribution < -0.4 is 10.5 Å². The van der Waals surface area contributed by atoms with Gasteiger partial charge in [0.05, 0.1) is 12.9 Å². The van der Waals surface area contributed by atoms with Crippen molar-refractivity contribution in [3.63, 3.8) is 0 Å². The molecule has 1 aliphatic heterocycles. The number of carbonyl (C=O) groups is 2. The van der Waals surface area contributed by atoms with Crippen molar-refractivity contribution in [2.45, 2.75) is 64.1 Å². The van der Waals surface area contributed by atoms with E-state index in [1.807, 2.05) is 0 Å². The Bertz CT molecular complexity index is 1140. The monoisotopic (exact) mass is 503 g/mol. The maximum absolute atomic E-state index is 12.6.